The fourth-order valence-electron chi connectivity index (χ4n) is 4.44. The molecule has 208 valence electrons. The number of benzene rings is 2. The molecule has 0 spiro atoms. The molecule has 13 heteroatoms. The van der Waals surface area contributed by atoms with Gasteiger partial charge in [-0.15, -0.1) is 0 Å². The molecule has 1 amide bonds. The summed E-state index contributed by atoms with van der Waals surface area (Å²) in [5, 5.41) is 6.09. The normalized spacial score (nSPS) is 18.2. The maximum absolute atomic E-state index is 13.2. The minimum absolute atomic E-state index is 0.0330. The molecule has 1 saturated heterocycles. The second-order valence-corrected chi connectivity index (χ2v) is 9.79. The van der Waals surface area contributed by atoms with Gasteiger partial charge in [0.15, 0.2) is 0 Å². The fraction of sp³-hybridized carbons (Fsp3) is 0.346. The van der Waals surface area contributed by atoms with Crippen LogP contribution in [0, 0.1) is 0 Å². The average molecular weight is 572 g/mol. The third-order valence-electron chi connectivity index (χ3n) is 6.09. The molecule has 0 unspecified atom stereocenters. The van der Waals surface area contributed by atoms with Crippen molar-refractivity contribution in [2.45, 2.75) is 44.8 Å². The number of alkyl halides is 6. The van der Waals surface area contributed by atoms with Gasteiger partial charge < -0.3 is 15.5 Å². The van der Waals surface area contributed by atoms with Gasteiger partial charge in [-0.1, -0.05) is 29.8 Å². The highest BCUT2D eigenvalue weighted by Crippen LogP contribution is 2.36. The van der Waals surface area contributed by atoms with Gasteiger partial charge in [-0.05, 0) is 43.7 Å². The molecule has 2 heterocycles. The lowest BCUT2D eigenvalue weighted by atomic mass is 10.0. The number of anilines is 1. The van der Waals surface area contributed by atoms with E-state index in [9.17, 15) is 31.1 Å². The van der Waals surface area contributed by atoms with Gasteiger partial charge in [-0.2, -0.15) is 26.3 Å². The van der Waals surface area contributed by atoms with Gasteiger partial charge in [0.1, 0.15) is 0 Å². The Balaban J connectivity index is 1.67. The van der Waals surface area contributed by atoms with Crippen molar-refractivity contribution < 1.29 is 31.1 Å². The zero-order valence-electron chi connectivity index (χ0n) is 20.8. The van der Waals surface area contributed by atoms with Crippen molar-refractivity contribution >= 4 is 23.5 Å². The van der Waals surface area contributed by atoms with Crippen molar-refractivity contribution in [2.75, 3.05) is 18.0 Å². The molecule has 2 N–H and O–H groups in total. The Hall–Kier alpha value is -3.38. The summed E-state index contributed by atoms with van der Waals surface area (Å²) in [5.41, 5.74) is -2.74. The van der Waals surface area contributed by atoms with E-state index in [4.69, 9.17) is 11.6 Å². The highest BCUT2D eigenvalue weighted by Gasteiger charge is 2.37. The zero-order valence-corrected chi connectivity index (χ0v) is 21.5. The van der Waals surface area contributed by atoms with Gasteiger partial charge in [0.2, 0.25) is 5.95 Å². The Morgan fingerprint density at radius 3 is 2.18 bits per heavy atom. The predicted molar refractivity (Wildman–Crippen MR) is 134 cm³/mol. The van der Waals surface area contributed by atoms with E-state index in [1.807, 2.05) is 18.7 Å². The van der Waals surface area contributed by atoms with Crippen molar-refractivity contribution in [3.63, 3.8) is 0 Å². The van der Waals surface area contributed by atoms with Crippen molar-refractivity contribution in [2.24, 2.45) is 0 Å². The molecule has 6 nitrogen and oxygen atoms in total. The molecule has 4 rings (SSSR count). The van der Waals surface area contributed by atoms with Crippen LogP contribution in [0.1, 0.15) is 40.9 Å². The first-order valence-electron chi connectivity index (χ1n) is 11.9. The van der Waals surface area contributed by atoms with Gasteiger partial charge in [-0.25, -0.2) is 9.97 Å². The summed E-state index contributed by atoms with van der Waals surface area (Å²) in [6, 6.07) is 8.11. The molecule has 39 heavy (non-hydrogen) atoms. The van der Waals surface area contributed by atoms with Crippen LogP contribution in [0.2, 0.25) is 5.02 Å². The molecular weight excluding hydrogens is 548 g/mol. The molecule has 3 aromatic rings. The summed E-state index contributed by atoms with van der Waals surface area (Å²) >= 11 is 6.38. The highest BCUT2D eigenvalue weighted by molar-refractivity contribution is 6.33. The summed E-state index contributed by atoms with van der Waals surface area (Å²) in [4.78, 5) is 24.1. The van der Waals surface area contributed by atoms with Gasteiger partial charge in [0.05, 0.1) is 22.4 Å². The first kappa shape index (κ1) is 28.6. The minimum Gasteiger partial charge on any atom is -0.348 e. The maximum Gasteiger partial charge on any atom is 0.416 e. The van der Waals surface area contributed by atoms with Crippen LogP contribution in [-0.2, 0) is 18.9 Å². The Morgan fingerprint density at radius 2 is 1.62 bits per heavy atom. The van der Waals surface area contributed by atoms with Crippen molar-refractivity contribution in [3.05, 3.63) is 75.9 Å². The average Bonchev–Trinajstić information content (AvgIpc) is 2.85. The van der Waals surface area contributed by atoms with E-state index in [0.717, 1.165) is 0 Å². The van der Waals surface area contributed by atoms with Crippen molar-refractivity contribution in [3.8, 4) is 11.3 Å². The summed E-state index contributed by atoms with van der Waals surface area (Å²) < 4.78 is 79.4. The van der Waals surface area contributed by atoms with E-state index in [2.05, 4.69) is 20.6 Å². The lowest BCUT2D eigenvalue weighted by Gasteiger charge is -2.36. The Bertz CT molecular complexity index is 1320. The number of piperazine rings is 1. The lowest BCUT2D eigenvalue weighted by Crippen LogP contribution is -2.54. The first-order chi connectivity index (χ1) is 18.2. The SMILES string of the molecule is C[C@@H]1CN(c2ncc(C(=O)NCc3cc(C(F)(F)F)cc(C(F)(F)F)c3)c(-c3ccccc3Cl)n2)C[C@H](C)N1. The molecule has 1 aliphatic rings. The maximum atomic E-state index is 13.2. The third-order valence-corrected chi connectivity index (χ3v) is 6.42. The molecule has 1 fully saturated rings. The van der Waals surface area contributed by atoms with E-state index in [1.54, 1.807) is 24.3 Å². The monoisotopic (exact) mass is 571 g/mol. The number of nitrogens with one attached hydrogen (secondary N) is 2. The number of hydrogen-bond donors (Lipinski definition) is 2. The Morgan fingerprint density at radius 1 is 1.03 bits per heavy atom. The number of halogens is 7. The van der Waals surface area contributed by atoms with Gasteiger partial charge in [0.25, 0.3) is 5.91 Å². The minimum atomic E-state index is -5.00. The molecular formula is C26H24ClF6N5O. The third kappa shape index (κ3) is 6.80. The summed E-state index contributed by atoms with van der Waals surface area (Å²) in [6.45, 7) is 4.64. The van der Waals surface area contributed by atoms with Gasteiger partial charge in [-0.3, -0.25) is 4.79 Å². The van der Waals surface area contributed by atoms with E-state index >= 15 is 0 Å². The second-order valence-electron chi connectivity index (χ2n) is 9.38. The summed E-state index contributed by atoms with van der Waals surface area (Å²) in [7, 11) is 0. The molecule has 1 aliphatic heterocycles. The van der Waals surface area contributed by atoms with Crippen LogP contribution in [0.25, 0.3) is 11.3 Å². The number of carbonyl (C=O) groups is 1. The number of hydrogen-bond acceptors (Lipinski definition) is 5. The lowest BCUT2D eigenvalue weighted by molar-refractivity contribution is -0.143. The summed E-state index contributed by atoms with van der Waals surface area (Å²) in [5.74, 6) is -0.432. The van der Waals surface area contributed by atoms with Gasteiger partial charge in [0, 0.05) is 48.5 Å². The highest BCUT2D eigenvalue weighted by atomic mass is 35.5. The van der Waals surface area contributed by atoms with Crippen LogP contribution in [0.3, 0.4) is 0 Å². The van der Waals surface area contributed by atoms with E-state index in [0.29, 0.717) is 41.8 Å². The van der Waals surface area contributed by atoms with Crippen LogP contribution < -0.4 is 15.5 Å². The van der Waals surface area contributed by atoms with Crippen molar-refractivity contribution in [1.29, 1.82) is 0 Å². The predicted octanol–water partition coefficient (Wildman–Crippen LogP) is 5.95. The number of aromatic nitrogens is 2. The number of rotatable bonds is 5. The fourth-order valence-corrected chi connectivity index (χ4v) is 4.66. The van der Waals surface area contributed by atoms with Crippen LogP contribution in [-0.4, -0.2) is 41.0 Å². The molecule has 2 aromatic carbocycles. The van der Waals surface area contributed by atoms with Crippen LogP contribution in [0.5, 0.6) is 0 Å². The molecule has 0 aliphatic carbocycles. The van der Waals surface area contributed by atoms with E-state index < -0.39 is 35.9 Å². The first-order valence-corrected chi connectivity index (χ1v) is 12.3. The van der Waals surface area contributed by atoms with E-state index in [-0.39, 0.29) is 35.0 Å². The van der Waals surface area contributed by atoms with Crippen LogP contribution in [0.15, 0.2) is 48.7 Å². The molecule has 0 saturated carbocycles. The Labute approximate surface area is 225 Å². The number of amides is 1. The Kier molecular flexibility index (Phi) is 8.08. The number of carbonyl (C=O) groups excluding carboxylic acids is 1. The quantitative estimate of drug-likeness (QED) is 0.370. The topological polar surface area (TPSA) is 70.2 Å². The molecule has 2 atom stereocenters. The van der Waals surface area contributed by atoms with Gasteiger partial charge >= 0.3 is 12.4 Å². The molecule has 0 radical (unpaired) electrons. The molecule has 1 aromatic heterocycles. The second kappa shape index (κ2) is 11.0. The standard InChI is InChI=1S/C26H24ClF6N5O/c1-14-12-38(13-15(2)36-14)24-35-11-20(22(37-24)19-5-3-4-6-21(19)27)23(39)34-10-16-7-17(25(28,29)30)9-18(8-16)26(31,32)33/h3-9,11,14-15,36H,10,12-13H2,1-2H3,(H,34,39)/t14-,15+. The number of nitrogens with zero attached hydrogens (tertiary/aromatic N) is 3. The zero-order chi connectivity index (χ0) is 28.5. The van der Waals surface area contributed by atoms with E-state index in [1.165, 1.54) is 6.20 Å². The van der Waals surface area contributed by atoms with Crippen molar-refractivity contribution in [1.82, 2.24) is 20.6 Å². The largest absolute Gasteiger partial charge is 0.416 e. The van der Waals surface area contributed by atoms with Crippen LogP contribution >= 0.6 is 11.6 Å². The smallest absolute Gasteiger partial charge is 0.348 e. The molecule has 0 bridgehead atoms. The summed E-state index contributed by atoms with van der Waals surface area (Å²) in [6.07, 6.45) is -8.72. The van der Waals surface area contributed by atoms with Crippen LogP contribution in [0.4, 0.5) is 32.3 Å².